The van der Waals surface area contributed by atoms with Gasteiger partial charge < -0.3 is 4.90 Å². The molecule has 1 saturated heterocycles. The minimum absolute atomic E-state index is 0.324. The molecule has 1 aliphatic rings. The van der Waals surface area contributed by atoms with Crippen LogP contribution in [0.25, 0.3) is 0 Å². The van der Waals surface area contributed by atoms with E-state index in [0.29, 0.717) is 5.92 Å². The van der Waals surface area contributed by atoms with Gasteiger partial charge in [0, 0.05) is 13.1 Å². The lowest BCUT2D eigenvalue weighted by molar-refractivity contribution is 0.175. The molecule has 1 aliphatic heterocycles. The van der Waals surface area contributed by atoms with Crippen LogP contribution in [0.5, 0.6) is 0 Å². The van der Waals surface area contributed by atoms with E-state index in [4.69, 9.17) is 5.26 Å². The van der Waals surface area contributed by atoms with Crippen molar-refractivity contribution in [3.8, 4) is 6.07 Å². The van der Waals surface area contributed by atoms with Gasteiger partial charge in [-0.2, -0.15) is 5.26 Å². The van der Waals surface area contributed by atoms with Crippen LogP contribution < -0.4 is 0 Å². The van der Waals surface area contributed by atoms with E-state index < -0.39 is 0 Å². The average molecular weight is 96.1 g/mol. The normalized spacial score (nSPS) is 23.4. The molecule has 38 valence electrons. The predicted octanol–water partition coefficient (Wildman–Crippen LogP) is 0.0716. The molecule has 0 N–H and O–H groups in total. The summed E-state index contributed by atoms with van der Waals surface area (Å²) in [5.41, 5.74) is 0. The highest BCUT2D eigenvalue weighted by atomic mass is 15.2. The molecule has 0 saturated carbocycles. The minimum Gasteiger partial charge on any atom is -0.304 e. The predicted molar refractivity (Wildman–Crippen MR) is 26.6 cm³/mol. The van der Waals surface area contributed by atoms with Crippen molar-refractivity contribution >= 4 is 0 Å². The molecule has 0 unspecified atom stereocenters. The molecule has 0 atom stereocenters. The van der Waals surface area contributed by atoms with E-state index in [-0.39, 0.29) is 0 Å². The molecule has 0 aromatic rings. The molecule has 0 aromatic carbocycles. The van der Waals surface area contributed by atoms with E-state index in [2.05, 4.69) is 11.0 Å². The lowest BCUT2D eigenvalue weighted by Gasteiger charge is -2.30. The van der Waals surface area contributed by atoms with Crippen LogP contribution in [0.15, 0.2) is 0 Å². The summed E-state index contributed by atoms with van der Waals surface area (Å²) >= 11 is 0. The van der Waals surface area contributed by atoms with Gasteiger partial charge in [-0.1, -0.05) is 0 Å². The third kappa shape index (κ3) is 0.726. The molecule has 1 fully saturated rings. The van der Waals surface area contributed by atoms with Gasteiger partial charge in [-0.3, -0.25) is 0 Å². The van der Waals surface area contributed by atoms with E-state index in [0.717, 1.165) is 13.1 Å². The molecule has 7 heavy (non-hydrogen) atoms. The Bertz CT molecular complexity index is 97.1. The fourth-order valence-electron chi connectivity index (χ4n) is 0.781. The number of hydrogen-bond donors (Lipinski definition) is 0. The second kappa shape index (κ2) is 1.51. The number of likely N-dealkylation sites (tertiary alicyclic amines) is 1. The average Bonchev–Trinajstić information content (AvgIpc) is 1.58. The Morgan fingerprint density at radius 2 is 2.29 bits per heavy atom. The van der Waals surface area contributed by atoms with Crippen LogP contribution in [0.1, 0.15) is 0 Å². The molecule has 0 spiro atoms. The van der Waals surface area contributed by atoms with Crippen molar-refractivity contribution in [3.05, 3.63) is 0 Å². The molecule has 1 heterocycles. The summed E-state index contributed by atoms with van der Waals surface area (Å²) in [4.78, 5) is 2.13. The SMILES string of the molecule is CN1CC(C#N)C1. The molecule has 0 aliphatic carbocycles. The summed E-state index contributed by atoms with van der Waals surface area (Å²) in [6.07, 6.45) is 0. The van der Waals surface area contributed by atoms with Crippen molar-refractivity contribution in [3.63, 3.8) is 0 Å². The van der Waals surface area contributed by atoms with Gasteiger partial charge in [-0.15, -0.1) is 0 Å². The first-order valence-corrected chi connectivity index (χ1v) is 2.41. The molecule has 0 aromatic heterocycles. The molecule has 2 nitrogen and oxygen atoms in total. The fraction of sp³-hybridized carbons (Fsp3) is 0.800. The standard InChI is InChI=1S/C5H8N2/c1-7-3-5(2-6)4-7/h5H,3-4H2,1H3. The van der Waals surface area contributed by atoms with Crippen molar-refractivity contribution in [1.82, 2.24) is 4.90 Å². The maximum Gasteiger partial charge on any atom is 0.0717 e. The summed E-state index contributed by atoms with van der Waals surface area (Å²) < 4.78 is 0. The Labute approximate surface area is 43.3 Å². The number of rotatable bonds is 0. The molecule has 0 bridgehead atoms. The second-order valence-electron chi connectivity index (χ2n) is 2.05. The van der Waals surface area contributed by atoms with Crippen molar-refractivity contribution in [1.29, 1.82) is 5.26 Å². The van der Waals surface area contributed by atoms with Crippen LogP contribution in [-0.4, -0.2) is 25.0 Å². The maximum absolute atomic E-state index is 8.23. The highest BCUT2D eigenvalue weighted by Crippen LogP contribution is 2.09. The fourth-order valence-corrected chi connectivity index (χ4v) is 0.781. The maximum atomic E-state index is 8.23. The van der Waals surface area contributed by atoms with Crippen LogP contribution in [0.3, 0.4) is 0 Å². The third-order valence-electron chi connectivity index (χ3n) is 1.25. The van der Waals surface area contributed by atoms with E-state index in [1.807, 2.05) is 7.05 Å². The first-order chi connectivity index (χ1) is 3.33. The molecular weight excluding hydrogens is 88.1 g/mol. The monoisotopic (exact) mass is 96.1 g/mol. The van der Waals surface area contributed by atoms with Gasteiger partial charge in [0.1, 0.15) is 0 Å². The Balaban J connectivity index is 2.21. The van der Waals surface area contributed by atoms with Crippen molar-refractivity contribution in [2.24, 2.45) is 5.92 Å². The quantitative estimate of drug-likeness (QED) is 0.426. The zero-order chi connectivity index (χ0) is 5.28. The van der Waals surface area contributed by atoms with Gasteiger partial charge in [0.25, 0.3) is 0 Å². The Hall–Kier alpha value is -0.550. The summed E-state index contributed by atoms with van der Waals surface area (Å²) in [6.45, 7) is 1.94. The molecule has 1 rings (SSSR count). The van der Waals surface area contributed by atoms with Crippen LogP contribution in [0, 0.1) is 17.2 Å². The third-order valence-corrected chi connectivity index (χ3v) is 1.25. The van der Waals surface area contributed by atoms with Crippen LogP contribution in [0.2, 0.25) is 0 Å². The number of nitrogens with zero attached hydrogens (tertiary/aromatic N) is 2. The molecule has 0 radical (unpaired) electrons. The van der Waals surface area contributed by atoms with E-state index in [1.54, 1.807) is 0 Å². The topological polar surface area (TPSA) is 27.0 Å². The summed E-state index contributed by atoms with van der Waals surface area (Å²) in [5, 5.41) is 8.23. The molecule has 0 amide bonds. The van der Waals surface area contributed by atoms with Crippen molar-refractivity contribution in [2.75, 3.05) is 20.1 Å². The van der Waals surface area contributed by atoms with Crippen LogP contribution in [0.4, 0.5) is 0 Å². The first kappa shape index (κ1) is 4.61. The number of hydrogen-bond acceptors (Lipinski definition) is 2. The smallest absolute Gasteiger partial charge is 0.0717 e. The zero-order valence-electron chi connectivity index (χ0n) is 4.39. The van der Waals surface area contributed by atoms with Gasteiger partial charge >= 0.3 is 0 Å². The van der Waals surface area contributed by atoms with Gasteiger partial charge in [0.2, 0.25) is 0 Å². The van der Waals surface area contributed by atoms with Crippen LogP contribution in [-0.2, 0) is 0 Å². The molecular formula is C5H8N2. The second-order valence-corrected chi connectivity index (χ2v) is 2.05. The van der Waals surface area contributed by atoms with Gasteiger partial charge in [0.05, 0.1) is 12.0 Å². The van der Waals surface area contributed by atoms with Gasteiger partial charge in [-0.25, -0.2) is 0 Å². The highest BCUT2D eigenvalue weighted by Gasteiger charge is 2.21. The highest BCUT2D eigenvalue weighted by molar-refractivity contribution is 4.93. The van der Waals surface area contributed by atoms with Crippen molar-refractivity contribution in [2.45, 2.75) is 0 Å². The van der Waals surface area contributed by atoms with Crippen molar-refractivity contribution < 1.29 is 0 Å². The van der Waals surface area contributed by atoms with Crippen LogP contribution >= 0.6 is 0 Å². The molecule has 2 heteroatoms. The number of nitriles is 1. The first-order valence-electron chi connectivity index (χ1n) is 2.41. The van der Waals surface area contributed by atoms with Gasteiger partial charge in [0.15, 0.2) is 0 Å². The Morgan fingerprint density at radius 3 is 2.43 bits per heavy atom. The Kier molecular flexibility index (Phi) is 0.994. The van der Waals surface area contributed by atoms with Gasteiger partial charge in [-0.05, 0) is 7.05 Å². The summed E-state index contributed by atoms with van der Waals surface area (Å²) in [6, 6.07) is 2.19. The lowest BCUT2D eigenvalue weighted by Crippen LogP contribution is -2.42. The lowest BCUT2D eigenvalue weighted by atomic mass is 10.0. The summed E-state index contributed by atoms with van der Waals surface area (Å²) in [7, 11) is 2.02. The van der Waals surface area contributed by atoms with E-state index in [1.165, 1.54) is 0 Å². The summed E-state index contributed by atoms with van der Waals surface area (Å²) in [5.74, 6) is 0.324. The minimum atomic E-state index is 0.324. The zero-order valence-corrected chi connectivity index (χ0v) is 4.39. The van der Waals surface area contributed by atoms with E-state index in [9.17, 15) is 0 Å². The van der Waals surface area contributed by atoms with E-state index >= 15 is 0 Å². The largest absolute Gasteiger partial charge is 0.304 e. The Morgan fingerprint density at radius 1 is 1.71 bits per heavy atom.